The van der Waals surface area contributed by atoms with Crippen LogP contribution in [0.5, 0.6) is 0 Å². The number of amides is 1. The fraction of sp³-hybridized carbons (Fsp3) is 0.444. The number of rotatable bonds is 9. The van der Waals surface area contributed by atoms with E-state index in [1.54, 1.807) is 0 Å². The number of cyclic esters (lactones) is 1. The highest BCUT2D eigenvalue weighted by Crippen LogP contribution is 2.29. The van der Waals surface area contributed by atoms with Crippen molar-refractivity contribution in [1.82, 2.24) is 5.32 Å². The molecule has 0 aromatic heterocycles. The lowest BCUT2D eigenvalue weighted by atomic mass is 9.93. The van der Waals surface area contributed by atoms with Crippen molar-refractivity contribution >= 4 is 18.0 Å². The van der Waals surface area contributed by atoms with Crippen LogP contribution in [0.15, 0.2) is 60.7 Å². The van der Waals surface area contributed by atoms with Crippen molar-refractivity contribution in [1.29, 1.82) is 0 Å². The Morgan fingerprint density at radius 3 is 2.26 bits per heavy atom. The average Bonchev–Trinajstić information content (AvgIpc) is 3.16. The molecular formula is C27H33NO6. The maximum atomic E-state index is 12.5. The minimum absolute atomic E-state index is 0.139. The number of nitrogens with one attached hydrogen (secondary N) is 1. The molecule has 1 amide bonds. The van der Waals surface area contributed by atoms with E-state index >= 15 is 0 Å². The van der Waals surface area contributed by atoms with Crippen molar-refractivity contribution in [3.05, 3.63) is 71.8 Å². The molecule has 3 atom stereocenters. The first-order chi connectivity index (χ1) is 16.2. The monoisotopic (exact) mass is 467 g/mol. The highest BCUT2D eigenvalue weighted by molar-refractivity contribution is 5.76. The average molecular weight is 468 g/mol. The van der Waals surface area contributed by atoms with Crippen LogP contribution in [0.25, 0.3) is 0 Å². The first kappa shape index (κ1) is 25.3. The molecule has 3 rings (SSSR count). The van der Waals surface area contributed by atoms with Crippen molar-refractivity contribution in [3.8, 4) is 0 Å². The van der Waals surface area contributed by atoms with Gasteiger partial charge in [-0.25, -0.2) is 4.79 Å². The number of hydrogen-bond donors (Lipinski definition) is 1. The largest absolute Gasteiger partial charge is 0.460 e. The minimum Gasteiger partial charge on any atom is -0.460 e. The van der Waals surface area contributed by atoms with Crippen molar-refractivity contribution in [2.24, 2.45) is 5.92 Å². The van der Waals surface area contributed by atoms with E-state index in [9.17, 15) is 14.4 Å². The maximum absolute atomic E-state index is 12.5. The molecule has 1 aliphatic heterocycles. The first-order valence-corrected chi connectivity index (χ1v) is 11.6. The summed E-state index contributed by atoms with van der Waals surface area (Å²) in [5, 5.41) is 2.88. The van der Waals surface area contributed by atoms with Gasteiger partial charge in [0, 0.05) is 6.42 Å². The Balaban J connectivity index is 1.60. The number of carbonyl (C=O) groups excluding carboxylic acids is 3. The highest BCUT2D eigenvalue weighted by atomic mass is 16.6. The molecule has 1 saturated heterocycles. The topological polar surface area (TPSA) is 90.9 Å². The fourth-order valence-electron chi connectivity index (χ4n) is 3.90. The fourth-order valence-corrected chi connectivity index (χ4v) is 3.90. The summed E-state index contributed by atoms with van der Waals surface area (Å²) in [6, 6.07) is 18.6. The van der Waals surface area contributed by atoms with Gasteiger partial charge in [-0.1, -0.05) is 60.7 Å². The zero-order valence-corrected chi connectivity index (χ0v) is 20.0. The van der Waals surface area contributed by atoms with Crippen LogP contribution in [0.2, 0.25) is 0 Å². The van der Waals surface area contributed by atoms with Crippen LogP contribution >= 0.6 is 0 Å². The normalized spacial score (nSPS) is 18.6. The number of benzene rings is 2. The Labute approximate surface area is 200 Å². The molecule has 1 fully saturated rings. The van der Waals surface area contributed by atoms with E-state index in [-0.39, 0.29) is 25.0 Å². The molecule has 7 nitrogen and oxygen atoms in total. The third kappa shape index (κ3) is 8.21. The van der Waals surface area contributed by atoms with E-state index in [2.05, 4.69) is 5.32 Å². The van der Waals surface area contributed by atoms with Crippen LogP contribution in [0, 0.1) is 5.92 Å². The van der Waals surface area contributed by atoms with Crippen molar-refractivity contribution in [2.45, 2.75) is 70.8 Å². The summed E-state index contributed by atoms with van der Waals surface area (Å²) in [5.74, 6) is -1.11. The zero-order chi connectivity index (χ0) is 24.6. The van der Waals surface area contributed by atoms with Gasteiger partial charge in [-0.15, -0.1) is 0 Å². The Hall–Kier alpha value is -3.35. The third-order valence-corrected chi connectivity index (χ3v) is 5.50. The molecule has 2 aromatic rings. The van der Waals surface area contributed by atoms with E-state index in [0.29, 0.717) is 19.3 Å². The van der Waals surface area contributed by atoms with Crippen molar-refractivity contribution in [2.75, 3.05) is 0 Å². The van der Waals surface area contributed by atoms with Gasteiger partial charge in [0.05, 0.1) is 12.0 Å². The van der Waals surface area contributed by atoms with Gasteiger partial charge in [-0.2, -0.15) is 0 Å². The number of alkyl carbamates (subject to hydrolysis) is 1. The van der Waals surface area contributed by atoms with Crippen molar-refractivity contribution in [3.63, 3.8) is 0 Å². The Morgan fingerprint density at radius 2 is 1.65 bits per heavy atom. The van der Waals surface area contributed by atoms with Crippen LogP contribution in [0.1, 0.15) is 51.2 Å². The Kier molecular flexibility index (Phi) is 8.68. The van der Waals surface area contributed by atoms with Gasteiger partial charge < -0.3 is 19.5 Å². The molecule has 34 heavy (non-hydrogen) atoms. The molecule has 0 aliphatic carbocycles. The predicted molar refractivity (Wildman–Crippen MR) is 127 cm³/mol. The smallest absolute Gasteiger partial charge is 0.407 e. The van der Waals surface area contributed by atoms with E-state index in [1.165, 1.54) is 0 Å². The van der Waals surface area contributed by atoms with E-state index in [1.807, 2.05) is 81.4 Å². The molecule has 182 valence electrons. The lowest BCUT2D eigenvalue weighted by Gasteiger charge is -2.24. The molecule has 1 heterocycles. The molecule has 0 saturated carbocycles. The van der Waals surface area contributed by atoms with Gasteiger partial charge >= 0.3 is 18.0 Å². The molecule has 2 aromatic carbocycles. The van der Waals surface area contributed by atoms with Gasteiger partial charge in [-0.3, -0.25) is 9.59 Å². The zero-order valence-electron chi connectivity index (χ0n) is 20.0. The summed E-state index contributed by atoms with van der Waals surface area (Å²) in [5.41, 5.74) is 1.32. The summed E-state index contributed by atoms with van der Waals surface area (Å²) < 4.78 is 16.4. The molecule has 0 spiro atoms. The summed E-state index contributed by atoms with van der Waals surface area (Å²) in [6.07, 6.45) is 0.301. The number of hydrogen-bond acceptors (Lipinski definition) is 6. The Bertz CT molecular complexity index is 954. The number of ether oxygens (including phenoxy) is 3. The molecule has 0 radical (unpaired) electrons. The van der Waals surface area contributed by atoms with Gasteiger partial charge in [-0.05, 0) is 51.2 Å². The molecule has 1 N–H and O–H groups in total. The lowest BCUT2D eigenvalue weighted by molar-refractivity contribution is -0.155. The summed E-state index contributed by atoms with van der Waals surface area (Å²) in [6.45, 7) is 5.57. The standard InChI is InChI=1S/C27H33NO6/c1-27(2,3)34-24(29)15-14-21-17-23(33-25(21)30)22(16-19-10-6-4-7-11-19)28-26(31)32-18-20-12-8-5-9-13-20/h4-13,21-23H,14-18H2,1-3H3,(H,28,31)/t21-,22+,23+/m1/s1. The quantitative estimate of drug-likeness (QED) is 0.429. The van der Waals surface area contributed by atoms with Crippen molar-refractivity contribution < 1.29 is 28.6 Å². The second-order valence-electron chi connectivity index (χ2n) is 9.54. The van der Waals surface area contributed by atoms with E-state index in [0.717, 1.165) is 11.1 Å². The maximum Gasteiger partial charge on any atom is 0.407 e. The molecular weight excluding hydrogens is 434 g/mol. The van der Waals surface area contributed by atoms with Crippen LogP contribution < -0.4 is 5.32 Å². The van der Waals surface area contributed by atoms with Crippen LogP contribution in [0.4, 0.5) is 4.79 Å². The van der Waals surface area contributed by atoms with Gasteiger partial charge in [0.15, 0.2) is 0 Å². The summed E-state index contributed by atoms with van der Waals surface area (Å²) in [7, 11) is 0. The number of esters is 2. The molecule has 0 bridgehead atoms. The van der Waals surface area contributed by atoms with Gasteiger partial charge in [0.2, 0.25) is 0 Å². The number of carbonyl (C=O) groups is 3. The second-order valence-corrected chi connectivity index (χ2v) is 9.54. The van der Waals surface area contributed by atoms with Gasteiger partial charge in [0.1, 0.15) is 18.3 Å². The first-order valence-electron chi connectivity index (χ1n) is 11.6. The highest BCUT2D eigenvalue weighted by Gasteiger charge is 2.40. The van der Waals surface area contributed by atoms with E-state index < -0.39 is 29.8 Å². The Morgan fingerprint density at radius 1 is 1.03 bits per heavy atom. The predicted octanol–water partition coefficient (Wildman–Crippen LogP) is 4.58. The van der Waals surface area contributed by atoms with E-state index in [4.69, 9.17) is 14.2 Å². The molecule has 1 aliphatic rings. The third-order valence-electron chi connectivity index (χ3n) is 5.50. The van der Waals surface area contributed by atoms with Crippen LogP contribution in [-0.2, 0) is 36.8 Å². The molecule has 7 heteroatoms. The van der Waals surface area contributed by atoms with Gasteiger partial charge in [0.25, 0.3) is 0 Å². The summed E-state index contributed by atoms with van der Waals surface area (Å²) >= 11 is 0. The lowest BCUT2D eigenvalue weighted by Crippen LogP contribution is -2.45. The SMILES string of the molecule is CC(C)(C)OC(=O)CC[C@@H]1C[C@@H]([C@H](Cc2ccccc2)NC(=O)OCc2ccccc2)OC1=O. The second kappa shape index (κ2) is 11.7. The molecule has 0 unspecified atom stereocenters. The minimum atomic E-state index is -0.571. The van der Waals surface area contributed by atoms with Crippen LogP contribution in [0.3, 0.4) is 0 Å². The summed E-state index contributed by atoms with van der Waals surface area (Å²) in [4.78, 5) is 37.1. The van der Waals surface area contributed by atoms with Crippen LogP contribution in [-0.4, -0.2) is 35.8 Å².